The van der Waals surface area contributed by atoms with E-state index in [9.17, 15) is 19.1 Å². The molecule has 1 fully saturated rings. The van der Waals surface area contributed by atoms with Crippen LogP contribution in [0.5, 0.6) is 11.5 Å². The van der Waals surface area contributed by atoms with Gasteiger partial charge >= 0.3 is 11.8 Å². The highest BCUT2D eigenvalue weighted by Gasteiger charge is 2.38. The average molecular weight is 791 g/mol. The van der Waals surface area contributed by atoms with Crippen LogP contribution in [0.2, 0.25) is 23.3 Å². The highest BCUT2D eigenvalue weighted by atomic mass is 35.5. The zero-order valence-corrected chi connectivity index (χ0v) is 33.8. The lowest BCUT2D eigenvalue weighted by Gasteiger charge is -2.44. The number of hydrogen-bond donors (Lipinski definition) is 1. The fourth-order valence-corrected chi connectivity index (χ4v) is 7.12. The number of anilines is 1. The molecule has 4 aromatic rings. The molecule has 1 saturated heterocycles. The van der Waals surface area contributed by atoms with Gasteiger partial charge in [0.25, 0.3) is 0 Å². The maximum atomic E-state index is 16.2. The number of aromatic nitrogens is 4. The first kappa shape index (κ1) is 40.8. The highest BCUT2D eigenvalue weighted by Crippen LogP contribution is 2.40. The van der Waals surface area contributed by atoms with Crippen LogP contribution in [0.3, 0.4) is 0 Å². The quantitative estimate of drug-likeness (QED) is 0.107. The molecule has 1 aromatic carbocycles. The monoisotopic (exact) mass is 790 g/mol. The number of fused-ring (bicyclic) bond motifs is 1. The molecule has 0 spiro atoms. The average Bonchev–Trinajstić information content (AvgIpc) is 3.05. The second-order valence-corrected chi connectivity index (χ2v) is 21.1. The minimum absolute atomic E-state index is 0.0101. The van der Waals surface area contributed by atoms with E-state index in [0.717, 1.165) is 16.7 Å². The van der Waals surface area contributed by atoms with E-state index in [0.29, 0.717) is 6.07 Å². The van der Waals surface area contributed by atoms with Crippen LogP contribution in [0, 0.1) is 17.5 Å². The van der Waals surface area contributed by atoms with Crippen molar-refractivity contribution >= 4 is 42.9 Å². The summed E-state index contributed by atoms with van der Waals surface area (Å²) in [5.41, 5.74) is -3.65. The highest BCUT2D eigenvalue weighted by molar-refractivity contribution is 6.74. The summed E-state index contributed by atoms with van der Waals surface area (Å²) in [5.74, 6) is -4.57. The van der Waals surface area contributed by atoms with Gasteiger partial charge in [-0.15, -0.1) is 0 Å². The molecule has 5 rings (SSSR count). The maximum absolute atomic E-state index is 16.2. The SMILES string of the molecule is CC1CN(c2nc(=O)n(-c3c(OCCO[Si](C)(C)C(C)(C)C)ccnc3Cl)c3nc(-c4c(F)ccc(F)c4O)c(F)cc23)C(C)CN1C(=O)OC(C)(C)C. The predicted octanol–water partition coefficient (Wildman–Crippen LogP) is 7.85. The summed E-state index contributed by atoms with van der Waals surface area (Å²) in [4.78, 5) is 43.6. The maximum Gasteiger partial charge on any atom is 0.410 e. The Balaban J connectivity index is 1.68. The second kappa shape index (κ2) is 15.0. The molecule has 54 heavy (non-hydrogen) atoms. The largest absolute Gasteiger partial charge is 0.504 e. The third kappa shape index (κ3) is 8.15. The number of phenolic OH excluding ortho intramolecular Hbond substituents is 1. The lowest BCUT2D eigenvalue weighted by Crippen LogP contribution is -2.59. The molecule has 0 saturated carbocycles. The van der Waals surface area contributed by atoms with E-state index in [1.165, 1.54) is 12.3 Å². The topological polar surface area (TPSA) is 132 Å². The van der Waals surface area contributed by atoms with Crippen molar-refractivity contribution in [3.63, 3.8) is 0 Å². The van der Waals surface area contributed by atoms with Crippen LogP contribution in [0.1, 0.15) is 55.4 Å². The number of piperazine rings is 1. The Bertz CT molecular complexity index is 2140. The van der Waals surface area contributed by atoms with E-state index in [1.807, 2.05) is 0 Å². The van der Waals surface area contributed by atoms with E-state index >= 15 is 8.78 Å². The van der Waals surface area contributed by atoms with Crippen LogP contribution >= 0.6 is 11.6 Å². The predicted molar refractivity (Wildman–Crippen MR) is 203 cm³/mol. The van der Waals surface area contributed by atoms with Crippen LogP contribution < -0.4 is 15.3 Å². The lowest BCUT2D eigenvalue weighted by molar-refractivity contribution is 0.0130. The number of nitrogens with zero attached hydrogens (tertiary/aromatic N) is 6. The van der Waals surface area contributed by atoms with E-state index in [4.69, 9.17) is 25.5 Å². The first-order chi connectivity index (χ1) is 25.0. The Morgan fingerprint density at radius 2 is 1.65 bits per heavy atom. The zero-order valence-electron chi connectivity index (χ0n) is 32.1. The molecule has 12 nitrogen and oxygen atoms in total. The summed E-state index contributed by atoms with van der Waals surface area (Å²) in [7, 11) is -2.13. The first-order valence-corrected chi connectivity index (χ1v) is 20.8. The number of halogens is 4. The van der Waals surface area contributed by atoms with Gasteiger partial charge in [-0.3, -0.25) is 0 Å². The number of rotatable bonds is 8. The second-order valence-electron chi connectivity index (χ2n) is 15.9. The Kier molecular flexibility index (Phi) is 11.3. The van der Waals surface area contributed by atoms with Crippen molar-refractivity contribution in [2.45, 2.75) is 91.2 Å². The number of pyridine rings is 2. The van der Waals surface area contributed by atoms with E-state index < -0.39 is 72.2 Å². The van der Waals surface area contributed by atoms with Gasteiger partial charge < -0.3 is 28.8 Å². The summed E-state index contributed by atoms with van der Waals surface area (Å²) >= 11 is 6.65. The summed E-state index contributed by atoms with van der Waals surface area (Å²) in [5, 5.41) is 10.3. The molecule has 1 aliphatic rings. The van der Waals surface area contributed by atoms with Gasteiger partial charge in [0.2, 0.25) is 0 Å². The molecule has 3 aromatic heterocycles. The number of carbonyl (C=O) groups excluding carboxylic acids is 1. The number of carbonyl (C=O) groups is 1. The van der Waals surface area contributed by atoms with Crippen molar-refractivity contribution in [2.75, 3.05) is 31.2 Å². The molecule has 0 bridgehead atoms. The molecule has 17 heteroatoms. The summed E-state index contributed by atoms with van der Waals surface area (Å²) in [6.45, 7) is 20.0. The van der Waals surface area contributed by atoms with Gasteiger partial charge in [-0.2, -0.15) is 4.98 Å². The fraction of sp³-hybridized carbons (Fsp3) is 0.486. The van der Waals surface area contributed by atoms with Crippen molar-refractivity contribution in [3.8, 4) is 28.4 Å². The zero-order chi connectivity index (χ0) is 40.1. The smallest absolute Gasteiger partial charge is 0.410 e. The van der Waals surface area contributed by atoms with Crippen molar-refractivity contribution < 1.29 is 37.0 Å². The Labute approximate surface area is 318 Å². The molecule has 4 heterocycles. The number of phenols is 1. The molecule has 2 atom stereocenters. The van der Waals surface area contributed by atoms with Crippen LogP contribution in [-0.4, -0.2) is 87.9 Å². The molecule has 0 aliphatic carbocycles. The Morgan fingerprint density at radius 3 is 2.30 bits per heavy atom. The van der Waals surface area contributed by atoms with Gasteiger partial charge in [-0.25, -0.2) is 37.3 Å². The molecular formula is C37H46ClF3N6O6Si. The van der Waals surface area contributed by atoms with Crippen LogP contribution in [0.4, 0.5) is 23.8 Å². The summed E-state index contributed by atoms with van der Waals surface area (Å²) < 4.78 is 64.8. The first-order valence-electron chi connectivity index (χ1n) is 17.5. The molecule has 1 N–H and O–H groups in total. The van der Waals surface area contributed by atoms with Gasteiger partial charge in [0.15, 0.2) is 36.5 Å². The van der Waals surface area contributed by atoms with Crippen molar-refractivity contribution in [1.82, 2.24) is 24.4 Å². The van der Waals surface area contributed by atoms with Crippen LogP contribution in [-0.2, 0) is 9.16 Å². The molecule has 1 aliphatic heterocycles. The summed E-state index contributed by atoms with van der Waals surface area (Å²) in [6, 6.07) is 2.97. The number of ether oxygens (including phenoxy) is 2. The van der Waals surface area contributed by atoms with Crippen molar-refractivity contribution in [1.29, 1.82) is 0 Å². The molecule has 0 radical (unpaired) electrons. The third-order valence-electron chi connectivity index (χ3n) is 9.68. The normalized spacial score (nSPS) is 16.9. The molecule has 1 amide bonds. The number of aromatic hydroxyl groups is 1. The number of benzene rings is 1. The van der Waals surface area contributed by atoms with E-state index in [2.05, 4.69) is 48.8 Å². The van der Waals surface area contributed by atoms with Crippen molar-refractivity contribution in [2.24, 2.45) is 0 Å². The van der Waals surface area contributed by atoms with Gasteiger partial charge in [-0.1, -0.05) is 32.4 Å². The lowest BCUT2D eigenvalue weighted by atomic mass is 10.1. The Morgan fingerprint density at radius 1 is 0.981 bits per heavy atom. The standard InChI is InChI=1S/C37H46ClF3N6O6Si/c1-20-19-46(35(50)53-36(3,4)5)21(2)18-45(20)32-22-17-25(41)28(27-23(39)11-12-24(40)30(27)48)43-33(22)47(34(49)44-32)29-26(13-14-42-31(29)38)51-15-16-52-54(9,10)37(6,7)8/h11-14,17,20-21,48H,15-16,18-19H2,1-10H3. The van der Waals surface area contributed by atoms with E-state index in [-0.39, 0.29) is 64.8 Å². The number of amides is 1. The van der Waals surface area contributed by atoms with E-state index in [1.54, 1.807) is 44.4 Å². The van der Waals surface area contributed by atoms with Gasteiger partial charge in [-0.05, 0) is 71.0 Å². The molecular weight excluding hydrogens is 745 g/mol. The van der Waals surface area contributed by atoms with Gasteiger partial charge in [0.1, 0.15) is 41.0 Å². The van der Waals surface area contributed by atoms with Crippen LogP contribution in [0.25, 0.3) is 28.0 Å². The van der Waals surface area contributed by atoms with Gasteiger partial charge in [0.05, 0.1) is 17.6 Å². The van der Waals surface area contributed by atoms with Crippen LogP contribution in [0.15, 0.2) is 35.3 Å². The van der Waals surface area contributed by atoms with Gasteiger partial charge in [0, 0.05) is 37.4 Å². The summed E-state index contributed by atoms with van der Waals surface area (Å²) in [6.07, 6.45) is 0.856. The molecule has 2 unspecified atom stereocenters. The minimum Gasteiger partial charge on any atom is -0.504 e. The number of hydrogen-bond acceptors (Lipinski definition) is 10. The minimum atomic E-state index is -2.13. The third-order valence-corrected chi connectivity index (χ3v) is 14.5. The Hall–Kier alpha value is -4.41. The van der Waals surface area contributed by atoms with Crippen molar-refractivity contribution in [3.05, 3.63) is 63.6 Å². The fourth-order valence-electron chi connectivity index (χ4n) is 5.86. The molecule has 292 valence electrons.